The molecule has 0 bridgehead atoms. The molecule has 8 heteroatoms. The van der Waals surface area contributed by atoms with Gasteiger partial charge in [-0.25, -0.2) is 9.59 Å². The Balaban J connectivity index is 1.50. The number of carbonyl (C=O) groups is 1. The van der Waals surface area contributed by atoms with Crippen molar-refractivity contribution < 1.29 is 28.2 Å². The minimum atomic E-state index is -0.512. The number of hydrogen-bond donors (Lipinski definition) is 1. The predicted molar refractivity (Wildman–Crippen MR) is 104 cm³/mol. The molecule has 0 aliphatic rings. The number of nitrogens with one attached hydrogen (secondary N) is 1. The lowest BCUT2D eigenvalue weighted by Crippen LogP contribution is -2.34. The molecule has 0 spiro atoms. The summed E-state index contributed by atoms with van der Waals surface area (Å²) in [5, 5.41) is 3.45. The Morgan fingerprint density at radius 3 is 2.43 bits per heavy atom. The van der Waals surface area contributed by atoms with Gasteiger partial charge in [-0.15, -0.1) is 0 Å². The van der Waals surface area contributed by atoms with E-state index in [1.54, 1.807) is 12.1 Å². The standard InChI is InChI=1S/C20H27NO7/c1-20(2,3)28-19(23)21-8-9-24-10-11-25-12-13-26-16-6-4-15-5-7-18(22)27-17(15)14-16/h4-7,14H,8-13H2,1-3H3,(H,21,23). The van der Waals surface area contributed by atoms with Crippen molar-refractivity contribution in [2.75, 3.05) is 39.6 Å². The molecule has 0 aliphatic carbocycles. The van der Waals surface area contributed by atoms with Crippen LogP contribution in [0.25, 0.3) is 11.0 Å². The van der Waals surface area contributed by atoms with E-state index in [9.17, 15) is 9.59 Å². The summed E-state index contributed by atoms with van der Waals surface area (Å²) in [6.07, 6.45) is -0.461. The molecular formula is C20H27NO7. The van der Waals surface area contributed by atoms with Gasteiger partial charge in [0.1, 0.15) is 23.5 Å². The van der Waals surface area contributed by atoms with Crippen molar-refractivity contribution in [1.29, 1.82) is 0 Å². The van der Waals surface area contributed by atoms with E-state index in [1.807, 2.05) is 32.9 Å². The lowest BCUT2D eigenvalue weighted by atomic mass is 10.2. The highest BCUT2D eigenvalue weighted by molar-refractivity contribution is 5.77. The second-order valence-corrected chi connectivity index (χ2v) is 6.96. The molecule has 2 rings (SSSR count). The number of ether oxygens (including phenoxy) is 4. The fourth-order valence-electron chi connectivity index (χ4n) is 2.21. The van der Waals surface area contributed by atoms with Gasteiger partial charge in [-0.2, -0.15) is 0 Å². The Morgan fingerprint density at radius 1 is 1.00 bits per heavy atom. The lowest BCUT2D eigenvalue weighted by Gasteiger charge is -2.19. The van der Waals surface area contributed by atoms with Crippen molar-refractivity contribution in [2.45, 2.75) is 26.4 Å². The summed E-state index contributed by atoms with van der Waals surface area (Å²) in [6.45, 7) is 7.77. The number of carbonyl (C=O) groups excluding carboxylic acids is 1. The number of amides is 1. The van der Waals surface area contributed by atoms with Crippen molar-refractivity contribution in [3.63, 3.8) is 0 Å². The third-order valence-corrected chi connectivity index (χ3v) is 3.38. The molecule has 0 saturated heterocycles. The zero-order valence-electron chi connectivity index (χ0n) is 16.5. The maximum absolute atomic E-state index is 11.4. The van der Waals surface area contributed by atoms with E-state index in [0.717, 1.165) is 5.39 Å². The summed E-state index contributed by atoms with van der Waals surface area (Å²) in [7, 11) is 0. The maximum atomic E-state index is 11.4. The molecule has 0 unspecified atom stereocenters. The van der Waals surface area contributed by atoms with Crippen LogP contribution in [0, 0.1) is 0 Å². The van der Waals surface area contributed by atoms with E-state index in [-0.39, 0.29) is 0 Å². The van der Waals surface area contributed by atoms with Crippen molar-refractivity contribution in [3.8, 4) is 5.75 Å². The number of benzene rings is 1. The van der Waals surface area contributed by atoms with Crippen molar-refractivity contribution >= 4 is 17.1 Å². The molecule has 28 heavy (non-hydrogen) atoms. The average Bonchev–Trinajstić information content (AvgIpc) is 2.61. The van der Waals surface area contributed by atoms with Crippen LogP contribution in [0.2, 0.25) is 0 Å². The summed E-state index contributed by atoms with van der Waals surface area (Å²) in [5.41, 5.74) is -0.421. The third kappa shape index (κ3) is 8.41. The van der Waals surface area contributed by atoms with Gasteiger partial charge in [-0.1, -0.05) is 0 Å². The van der Waals surface area contributed by atoms with Gasteiger partial charge in [0.25, 0.3) is 0 Å². The zero-order chi connectivity index (χ0) is 20.4. The molecule has 0 saturated carbocycles. The molecular weight excluding hydrogens is 366 g/mol. The molecule has 1 amide bonds. The quantitative estimate of drug-likeness (QED) is 0.490. The van der Waals surface area contributed by atoms with Crippen LogP contribution in [-0.2, 0) is 14.2 Å². The first-order valence-corrected chi connectivity index (χ1v) is 9.12. The van der Waals surface area contributed by atoms with Crippen molar-refractivity contribution in [1.82, 2.24) is 5.32 Å². The SMILES string of the molecule is CC(C)(C)OC(=O)NCCOCCOCCOc1ccc2ccc(=O)oc2c1. The van der Waals surface area contributed by atoms with Gasteiger partial charge in [0.2, 0.25) is 0 Å². The van der Waals surface area contributed by atoms with Gasteiger partial charge >= 0.3 is 11.7 Å². The topological polar surface area (TPSA) is 96.2 Å². The van der Waals surface area contributed by atoms with Gasteiger partial charge in [-0.3, -0.25) is 0 Å². The van der Waals surface area contributed by atoms with E-state index in [1.165, 1.54) is 6.07 Å². The number of alkyl carbamates (subject to hydrolysis) is 1. The smallest absolute Gasteiger partial charge is 0.407 e. The predicted octanol–water partition coefficient (Wildman–Crippen LogP) is 2.73. The van der Waals surface area contributed by atoms with Crippen molar-refractivity contribution in [3.05, 3.63) is 40.8 Å². The van der Waals surface area contributed by atoms with Gasteiger partial charge in [0, 0.05) is 24.1 Å². The van der Waals surface area contributed by atoms with E-state index in [0.29, 0.717) is 50.9 Å². The Bertz CT molecular complexity index is 810. The molecule has 1 N–H and O–H groups in total. The van der Waals surface area contributed by atoms with Gasteiger partial charge < -0.3 is 28.7 Å². The summed E-state index contributed by atoms with van der Waals surface area (Å²) >= 11 is 0. The Kier molecular flexibility index (Phi) is 8.28. The third-order valence-electron chi connectivity index (χ3n) is 3.38. The highest BCUT2D eigenvalue weighted by atomic mass is 16.6. The molecule has 154 valence electrons. The fraction of sp³-hybridized carbons (Fsp3) is 0.500. The summed E-state index contributed by atoms with van der Waals surface area (Å²) in [5.74, 6) is 0.606. The molecule has 8 nitrogen and oxygen atoms in total. The average molecular weight is 393 g/mol. The summed E-state index contributed by atoms with van der Waals surface area (Å²) in [6, 6.07) is 8.40. The van der Waals surface area contributed by atoms with Crippen LogP contribution in [0.4, 0.5) is 4.79 Å². The Labute approximate surface area is 163 Å². The van der Waals surface area contributed by atoms with E-state index >= 15 is 0 Å². The molecule has 0 fully saturated rings. The second-order valence-electron chi connectivity index (χ2n) is 6.96. The molecule has 2 aromatic rings. The molecule has 1 aromatic carbocycles. The first-order chi connectivity index (χ1) is 13.3. The minimum Gasteiger partial charge on any atom is -0.491 e. The number of hydrogen-bond acceptors (Lipinski definition) is 7. The number of rotatable bonds is 10. The molecule has 0 aliphatic heterocycles. The van der Waals surface area contributed by atoms with Crippen LogP contribution in [0.3, 0.4) is 0 Å². The Morgan fingerprint density at radius 2 is 1.68 bits per heavy atom. The minimum absolute atomic E-state index is 0.364. The molecule has 1 heterocycles. The fourth-order valence-corrected chi connectivity index (χ4v) is 2.21. The molecule has 0 atom stereocenters. The van der Waals surface area contributed by atoms with Crippen LogP contribution in [0.5, 0.6) is 5.75 Å². The largest absolute Gasteiger partial charge is 0.491 e. The zero-order valence-corrected chi connectivity index (χ0v) is 16.5. The van der Waals surface area contributed by atoms with Crippen LogP contribution in [0.15, 0.2) is 39.5 Å². The lowest BCUT2D eigenvalue weighted by molar-refractivity contribution is 0.0328. The van der Waals surface area contributed by atoms with Gasteiger partial charge in [0.05, 0.1) is 26.4 Å². The van der Waals surface area contributed by atoms with Gasteiger partial charge in [0.15, 0.2) is 0 Å². The Hall–Kier alpha value is -2.58. The molecule has 1 aromatic heterocycles. The van der Waals surface area contributed by atoms with Crippen LogP contribution in [-0.4, -0.2) is 51.3 Å². The highest BCUT2D eigenvalue weighted by Crippen LogP contribution is 2.19. The van der Waals surface area contributed by atoms with E-state index in [4.69, 9.17) is 23.4 Å². The first kappa shape index (κ1) is 21.7. The highest BCUT2D eigenvalue weighted by Gasteiger charge is 2.15. The first-order valence-electron chi connectivity index (χ1n) is 9.12. The van der Waals surface area contributed by atoms with Gasteiger partial charge in [-0.05, 0) is 39.0 Å². The summed E-state index contributed by atoms with van der Waals surface area (Å²) < 4.78 is 26.6. The van der Waals surface area contributed by atoms with Crippen LogP contribution >= 0.6 is 0 Å². The van der Waals surface area contributed by atoms with Crippen molar-refractivity contribution in [2.24, 2.45) is 0 Å². The van der Waals surface area contributed by atoms with E-state index < -0.39 is 17.3 Å². The monoisotopic (exact) mass is 393 g/mol. The maximum Gasteiger partial charge on any atom is 0.407 e. The van der Waals surface area contributed by atoms with E-state index in [2.05, 4.69) is 5.32 Å². The summed E-state index contributed by atoms with van der Waals surface area (Å²) in [4.78, 5) is 22.7. The second kappa shape index (κ2) is 10.7. The number of fused-ring (bicyclic) bond motifs is 1. The van der Waals surface area contributed by atoms with Crippen LogP contribution in [0.1, 0.15) is 20.8 Å². The van der Waals surface area contributed by atoms with Crippen LogP contribution < -0.4 is 15.7 Å². The molecule has 0 radical (unpaired) electrons. The normalized spacial score (nSPS) is 11.4.